The van der Waals surface area contributed by atoms with Crippen LogP contribution in [0, 0.1) is 5.92 Å². The first-order valence-corrected chi connectivity index (χ1v) is 8.32. The van der Waals surface area contributed by atoms with Gasteiger partial charge >= 0.3 is 5.97 Å². The molecule has 0 aliphatic heterocycles. The fourth-order valence-electron chi connectivity index (χ4n) is 1.60. The molecule has 0 bridgehead atoms. The van der Waals surface area contributed by atoms with Crippen LogP contribution in [0.15, 0.2) is 24.3 Å². The van der Waals surface area contributed by atoms with E-state index in [4.69, 9.17) is 9.84 Å². The van der Waals surface area contributed by atoms with E-state index in [2.05, 4.69) is 4.72 Å². The van der Waals surface area contributed by atoms with E-state index in [1.54, 1.807) is 0 Å². The molecule has 6 nitrogen and oxygen atoms in total. The van der Waals surface area contributed by atoms with Gasteiger partial charge in [-0.05, 0) is 23.6 Å². The van der Waals surface area contributed by atoms with Crippen molar-refractivity contribution in [3.05, 3.63) is 35.4 Å². The summed E-state index contributed by atoms with van der Waals surface area (Å²) in [6.07, 6.45) is 0. The molecular weight excluding hydrogens is 294 g/mol. The second kappa shape index (κ2) is 8.11. The third kappa shape index (κ3) is 7.22. The molecule has 1 aromatic carbocycles. The predicted octanol–water partition coefficient (Wildman–Crippen LogP) is 1.48. The number of hydrogen-bond donors (Lipinski definition) is 2. The maximum atomic E-state index is 11.8. The number of aromatic carboxylic acids is 1. The van der Waals surface area contributed by atoms with E-state index in [-0.39, 0.29) is 17.9 Å². The zero-order chi connectivity index (χ0) is 15.9. The molecule has 0 aromatic heterocycles. The molecule has 0 heterocycles. The molecule has 0 aliphatic rings. The molecule has 1 rings (SSSR count). The van der Waals surface area contributed by atoms with Crippen molar-refractivity contribution in [2.24, 2.45) is 5.92 Å². The fourth-order valence-corrected chi connectivity index (χ4v) is 2.73. The average molecular weight is 315 g/mol. The number of nitrogens with one attached hydrogen (secondary N) is 1. The van der Waals surface area contributed by atoms with E-state index in [9.17, 15) is 13.2 Å². The summed E-state index contributed by atoms with van der Waals surface area (Å²) in [5.74, 6) is -0.809. The van der Waals surface area contributed by atoms with Crippen molar-refractivity contribution >= 4 is 16.0 Å². The summed E-state index contributed by atoms with van der Waals surface area (Å²) in [6.45, 7) is 5.19. The summed E-state index contributed by atoms with van der Waals surface area (Å²) < 4.78 is 31.4. The van der Waals surface area contributed by atoms with Gasteiger partial charge < -0.3 is 9.84 Å². The van der Waals surface area contributed by atoms with Crippen molar-refractivity contribution < 1.29 is 23.1 Å². The first kappa shape index (κ1) is 17.6. The second-order valence-corrected chi connectivity index (χ2v) is 6.93. The van der Waals surface area contributed by atoms with Crippen LogP contribution < -0.4 is 4.72 Å². The van der Waals surface area contributed by atoms with E-state index < -0.39 is 16.0 Å². The standard InChI is InChI=1S/C14H21NO5S/c1-11(2)9-20-8-7-15-21(18,19)10-12-3-5-13(6-4-12)14(16)17/h3-6,11,15H,7-10H2,1-2H3,(H,16,17). The molecule has 0 aliphatic carbocycles. The van der Waals surface area contributed by atoms with Crippen molar-refractivity contribution in [2.75, 3.05) is 19.8 Å². The van der Waals surface area contributed by atoms with Crippen LogP contribution in [0.3, 0.4) is 0 Å². The SMILES string of the molecule is CC(C)COCCNS(=O)(=O)Cc1ccc(C(=O)O)cc1. The van der Waals surface area contributed by atoms with Crippen molar-refractivity contribution in [3.8, 4) is 0 Å². The van der Waals surface area contributed by atoms with Crippen LogP contribution in [0.5, 0.6) is 0 Å². The van der Waals surface area contributed by atoms with Crippen LogP contribution in [0.2, 0.25) is 0 Å². The number of carboxylic acid groups (broad SMARTS) is 1. The zero-order valence-corrected chi connectivity index (χ0v) is 13.0. The highest BCUT2D eigenvalue weighted by molar-refractivity contribution is 7.88. The molecule has 2 N–H and O–H groups in total. The maximum absolute atomic E-state index is 11.8. The number of carboxylic acids is 1. The quantitative estimate of drug-likeness (QED) is 0.673. The lowest BCUT2D eigenvalue weighted by Crippen LogP contribution is -2.29. The van der Waals surface area contributed by atoms with Gasteiger partial charge in [0, 0.05) is 13.2 Å². The van der Waals surface area contributed by atoms with Crippen LogP contribution in [0.25, 0.3) is 0 Å². The number of rotatable bonds is 9. The Hall–Kier alpha value is -1.44. The third-order valence-corrected chi connectivity index (χ3v) is 3.93. The summed E-state index contributed by atoms with van der Waals surface area (Å²) in [7, 11) is -3.45. The summed E-state index contributed by atoms with van der Waals surface area (Å²) in [5.41, 5.74) is 0.668. The minimum absolute atomic E-state index is 0.131. The predicted molar refractivity (Wildman–Crippen MR) is 79.7 cm³/mol. The Balaban J connectivity index is 2.43. The van der Waals surface area contributed by atoms with E-state index in [0.717, 1.165) is 0 Å². The van der Waals surface area contributed by atoms with Gasteiger partial charge in [-0.25, -0.2) is 17.9 Å². The Kier molecular flexibility index (Phi) is 6.80. The minimum Gasteiger partial charge on any atom is -0.478 e. The number of benzene rings is 1. The summed E-state index contributed by atoms with van der Waals surface area (Å²) in [5, 5.41) is 8.77. The molecule has 0 amide bonds. The van der Waals surface area contributed by atoms with Gasteiger partial charge in [0.1, 0.15) is 0 Å². The summed E-state index contributed by atoms with van der Waals surface area (Å²) >= 11 is 0. The van der Waals surface area contributed by atoms with E-state index in [1.807, 2.05) is 13.8 Å². The molecule has 0 unspecified atom stereocenters. The average Bonchev–Trinajstić information content (AvgIpc) is 2.38. The minimum atomic E-state index is -3.45. The summed E-state index contributed by atoms with van der Waals surface area (Å²) in [4.78, 5) is 10.7. The van der Waals surface area contributed by atoms with Gasteiger partial charge in [0.05, 0.1) is 17.9 Å². The first-order valence-electron chi connectivity index (χ1n) is 6.67. The number of sulfonamides is 1. The number of hydrogen-bond acceptors (Lipinski definition) is 4. The van der Waals surface area contributed by atoms with Gasteiger partial charge in [-0.1, -0.05) is 26.0 Å². The first-order chi connectivity index (χ1) is 9.80. The lowest BCUT2D eigenvalue weighted by molar-refractivity contribution is 0.0697. The van der Waals surface area contributed by atoms with Gasteiger partial charge in [-0.2, -0.15) is 0 Å². The van der Waals surface area contributed by atoms with Crippen molar-refractivity contribution in [2.45, 2.75) is 19.6 Å². The molecule has 0 radical (unpaired) electrons. The Morgan fingerprint density at radius 1 is 1.29 bits per heavy atom. The Morgan fingerprint density at radius 3 is 2.43 bits per heavy atom. The van der Waals surface area contributed by atoms with Crippen LogP contribution in [0.4, 0.5) is 0 Å². The molecule has 0 saturated carbocycles. The second-order valence-electron chi connectivity index (χ2n) is 5.12. The molecule has 0 fully saturated rings. The van der Waals surface area contributed by atoms with Crippen molar-refractivity contribution in [1.82, 2.24) is 4.72 Å². The molecular formula is C14H21NO5S. The lowest BCUT2D eigenvalue weighted by atomic mass is 10.1. The molecule has 1 aromatic rings. The van der Waals surface area contributed by atoms with Crippen LogP contribution >= 0.6 is 0 Å². The molecule has 21 heavy (non-hydrogen) atoms. The van der Waals surface area contributed by atoms with Gasteiger partial charge in [0.2, 0.25) is 10.0 Å². The van der Waals surface area contributed by atoms with Gasteiger partial charge in [-0.15, -0.1) is 0 Å². The van der Waals surface area contributed by atoms with Gasteiger partial charge in [0.25, 0.3) is 0 Å². The highest BCUT2D eigenvalue weighted by atomic mass is 32.2. The maximum Gasteiger partial charge on any atom is 0.335 e. The number of ether oxygens (including phenoxy) is 1. The number of carbonyl (C=O) groups is 1. The molecule has 0 saturated heterocycles. The smallest absolute Gasteiger partial charge is 0.335 e. The normalized spacial score (nSPS) is 11.8. The fraction of sp³-hybridized carbons (Fsp3) is 0.500. The topological polar surface area (TPSA) is 92.7 Å². The zero-order valence-electron chi connectivity index (χ0n) is 12.2. The van der Waals surface area contributed by atoms with Gasteiger partial charge in [0.15, 0.2) is 0 Å². The highest BCUT2D eigenvalue weighted by Gasteiger charge is 2.11. The molecule has 0 atom stereocenters. The van der Waals surface area contributed by atoms with Crippen molar-refractivity contribution in [1.29, 1.82) is 0 Å². The van der Waals surface area contributed by atoms with Crippen LogP contribution in [-0.4, -0.2) is 39.3 Å². The van der Waals surface area contributed by atoms with E-state index in [1.165, 1.54) is 24.3 Å². The van der Waals surface area contributed by atoms with Gasteiger partial charge in [-0.3, -0.25) is 0 Å². The molecule has 118 valence electrons. The van der Waals surface area contributed by atoms with Crippen molar-refractivity contribution in [3.63, 3.8) is 0 Å². The van der Waals surface area contributed by atoms with E-state index >= 15 is 0 Å². The summed E-state index contributed by atoms with van der Waals surface area (Å²) in [6, 6.07) is 5.77. The van der Waals surface area contributed by atoms with E-state index in [0.29, 0.717) is 24.7 Å². The van der Waals surface area contributed by atoms with Crippen LogP contribution in [0.1, 0.15) is 29.8 Å². The van der Waals surface area contributed by atoms with Crippen LogP contribution in [-0.2, 0) is 20.5 Å². The molecule has 0 spiro atoms. The largest absolute Gasteiger partial charge is 0.478 e. The Labute approximate surface area is 125 Å². The third-order valence-electron chi connectivity index (χ3n) is 2.58. The monoisotopic (exact) mass is 315 g/mol. The highest BCUT2D eigenvalue weighted by Crippen LogP contribution is 2.07. The Bertz CT molecular complexity index is 551. The Morgan fingerprint density at radius 2 is 1.90 bits per heavy atom. The molecule has 7 heteroatoms. The lowest BCUT2D eigenvalue weighted by Gasteiger charge is -2.09.